The average Bonchev–Trinajstić information content (AvgIpc) is 2.41. The first kappa shape index (κ1) is 6.99. The summed E-state index contributed by atoms with van der Waals surface area (Å²) >= 11 is 2.15. The molecule has 0 aromatic carbocycles. The van der Waals surface area contributed by atoms with Crippen LogP contribution in [0.25, 0.3) is 0 Å². The molecule has 2 heteroatoms. The summed E-state index contributed by atoms with van der Waals surface area (Å²) in [5.41, 5.74) is 0. The molecule has 3 unspecified atom stereocenters. The van der Waals surface area contributed by atoms with Crippen LogP contribution in [0, 0.1) is 11.8 Å². The largest absolute Gasteiger partial charge is 0.303 e. The van der Waals surface area contributed by atoms with Crippen molar-refractivity contribution in [1.29, 1.82) is 0 Å². The highest BCUT2D eigenvalue weighted by atomic mass is 32.2. The second-order valence-electron chi connectivity index (χ2n) is 3.64. The summed E-state index contributed by atoms with van der Waals surface area (Å²) in [5.74, 6) is 4.86. The van der Waals surface area contributed by atoms with Gasteiger partial charge in [0.05, 0.1) is 0 Å². The third kappa shape index (κ3) is 0.892. The fourth-order valence-corrected chi connectivity index (χ4v) is 3.81. The number of fused-ring (bicyclic) bond motifs is 1. The fraction of sp³-hybridized carbons (Fsp3) is 1.00. The van der Waals surface area contributed by atoms with Gasteiger partial charge in [-0.25, -0.2) is 0 Å². The van der Waals surface area contributed by atoms with Gasteiger partial charge in [-0.05, 0) is 37.3 Å². The van der Waals surface area contributed by atoms with Gasteiger partial charge in [-0.2, -0.15) is 11.8 Å². The van der Waals surface area contributed by atoms with Crippen molar-refractivity contribution in [3.63, 3.8) is 0 Å². The number of thioether (sulfide) groups is 1. The van der Waals surface area contributed by atoms with Crippen molar-refractivity contribution < 1.29 is 0 Å². The quantitative estimate of drug-likeness (QED) is 0.521. The first-order valence-electron chi connectivity index (χ1n) is 4.07. The lowest BCUT2D eigenvalue weighted by Crippen LogP contribution is -2.26. The third-order valence-corrected chi connectivity index (χ3v) is 4.37. The Kier molecular flexibility index (Phi) is 1.69. The predicted molar refractivity (Wildman–Crippen MR) is 46.4 cm³/mol. The summed E-state index contributed by atoms with van der Waals surface area (Å²) in [7, 11) is 2.26. The summed E-state index contributed by atoms with van der Waals surface area (Å²) in [6, 6.07) is 0.847. The predicted octanol–water partition coefficient (Wildman–Crippen LogP) is 1.30. The zero-order valence-electron chi connectivity index (χ0n) is 6.71. The highest BCUT2D eigenvalue weighted by Crippen LogP contribution is 2.39. The molecule has 2 fully saturated rings. The zero-order valence-corrected chi connectivity index (χ0v) is 7.53. The van der Waals surface area contributed by atoms with Gasteiger partial charge in [-0.15, -0.1) is 0 Å². The second-order valence-corrected chi connectivity index (χ2v) is 4.72. The molecule has 10 heavy (non-hydrogen) atoms. The first-order chi connectivity index (χ1) is 4.79. The molecule has 0 amide bonds. The van der Waals surface area contributed by atoms with Gasteiger partial charge in [0.1, 0.15) is 0 Å². The highest BCUT2D eigenvalue weighted by molar-refractivity contribution is 7.99. The van der Waals surface area contributed by atoms with Crippen molar-refractivity contribution in [3.05, 3.63) is 0 Å². The van der Waals surface area contributed by atoms with E-state index in [1.54, 1.807) is 0 Å². The average molecular weight is 157 g/mol. The van der Waals surface area contributed by atoms with Crippen molar-refractivity contribution in [2.45, 2.75) is 13.0 Å². The zero-order chi connectivity index (χ0) is 7.14. The van der Waals surface area contributed by atoms with Crippen LogP contribution in [0.15, 0.2) is 0 Å². The molecule has 1 nitrogen and oxygen atoms in total. The van der Waals surface area contributed by atoms with E-state index in [0.29, 0.717) is 0 Å². The minimum Gasteiger partial charge on any atom is -0.303 e. The van der Waals surface area contributed by atoms with Crippen LogP contribution in [0.5, 0.6) is 0 Å². The second kappa shape index (κ2) is 2.42. The van der Waals surface area contributed by atoms with E-state index in [-0.39, 0.29) is 0 Å². The molecule has 2 saturated heterocycles. The smallest absolute Gasteiger partial charge is 0.0104 e. The Labute approximate surface area is 67.2 Å². The molecule has 2 rings (SSSR count). The number of likely N-dealkylation sites (tertiary alicyclic amines) is 1. The summed E-state index contributed by atoms with van der Waals surface area (Å²) in [4.78, 5) is 2.51. The lowest BCUT2D eigenvalue weighted by Gasteiger charge is -2.18. The maximum Gasteiger partial charge on any atom is 0.0104 e. The summed E-state index contributed by atoms with van der Waals surface area (Å²) < 4.78 is 0. The van der Waals surface area contributed by atoms with E-state index >= 15 is 0 Å². The van der Waals surface area contributed by atoms with Crippen LogP contribution in [0.2, 0.25) is 0 Å². The van der Waals surface area contributed by atoms with Crippen LogP contribution < -0.4 is 0 Å². The van der Waals surface area contributed by atoms with Crippen LogP contribution >= 0.6 is 11.8 Å². The topological polar surface area (TPSA) is 3.24 Å². The fourth-order valence-electron chi connectivity index (χ4n) is 2.20. The van der Waals surface area contributed by atoms with Crippen LogP contribution in [-0.4, -0.2) is 36.0 Å². The third-order valence-electron chi connectivity index (χ3n) is 3.09. The van der Waals surface area contributed by atoms with Crippen molar-refractivity contribution in [1.82, 2.24) is 4.90 Å². The minimum absolute atomic E-state index is 0.847. The van der Waals surface area contributed by atoms with Gasteiger partial charge >= 0.3 is 0 Å². The Morgan fingerprint density at radius 3 is 2.90 bits per heavy atom. The van der Waals surface area contributed by atoms with E-state index in [9.17, 15) is 0 Å². The molecular weight excluding hydrogens is 142 g/mol. The van der Waals surface area contributed by atoms with E-state index in [4.69, 9.17) is 0 Å². The molecule has 0 aliphatic carbocycles. The SMILES string of the molecule is CC1C2CSCC2CN1C. The Balaban J connectivity index is 2.09. The monoisotopic (exact) mass is 157 g/mol. The minimum atomic E-state index is 0.847. The summed E-state index contributed by atoms with van der Waals surface area (Å²) in [5, 5.41) is 0. The molecule has 3 atom stereocenters. The van der Waals surface area contributed by atoms with E-state index in [1.807, 2.05) is 0 Å². The standard InChI is InChI=1S/C8H15NS/c1-6-8-5-10-4-7(8)3-9(6)2/h6-8H,3-5H2,1-2H3. The molecule has 2 aliphatic heterocycles. The molecule has 0 N–H and O–H groups in total. The van der Waals surface area contributed by atoms with Gasteiger partial charge in [0.15, 0.2) is 0 Å². The maximum absolute atomic E-state index is 2.51. The number of hydrogen-bond donors (Lipinski definition) is 0. The number of hydrogen-bond acceptors (Lipinski definition) is 2. The van der Waals surface area contributed by atoms with Crippen molar-refractivity contribution in [2.24, 2.45) is 11.8 Å². The number of nitrogens with zero attached hydrogens (tertiary/aromatic N) is 1. The summed E-state index contributed by atoms with van der Waals surface area (Å²) in [6.07, 6.45) is 0. The Bertz CT molecular complexity index is 135. The van der Waals surface area contributed by atoms with Crippen LogP contribution in [0.4, 0.5) is 0 Å². The Morgan fingerprint density at radius 2 is 2.20 bits per heavy atom. The van der Waals surface area contributed by atoms with Gasteiger partial charge in [0.2, 0.25) is 0 Å². The van der Waals surface area contributed by atoms with Gasteiger partial charge in [0, 0.05) is 12.6 Å². The van der Waals surface area contributed by atoms with Crippen LogP contribution in [0.3, 0.4) is 0 Å². The molecule has 2 heterocycles. The lowest BCUT2D eigenvalue weighted by atomic mass is 9.95. The van der Waals surface area contributed by atoms with Crippen molar-refractivity contribution in [2.75, 3.05) is 25.1 Å². The van der Waals surface area contributed by atoms with Crippen molar-refractivity contribution in [3.8, 4) is 0 Å². The molecule has 0 saturated carbocycles. The van der Waals surface area contributed by atoms with Crippen LogP contribution in [0.1, 0.15) is 6.92 Å². The molecule has 0 bridgehead atoms. The van der Waals surface area contributed by atoms with E-state index in [1.165, 1.54) is 18.1 Å². The Morgan fingerprint density at radius 1 is 1.40 bits per heavy atom. The summed E-state index contributed by atoms with van der Waals surface area (Å²) in [6.45, 7) is 3.72. The van der Waals surface area contributed by atoms with E-state index < -0.39 is 0 Å². The van der Waals surface area contributed by atoms with Crippen LogP contribution in [-0.2, 0) is 0 Å². The molecule has 0 radical (unpaired) electrons. The molecule has 0 spiro atoms. The van der Waals surface area contributed by atoms with Crippen molar-refractivity contribution >= 4 is 11.8 Å². The highest BCUT2D eigenvalue weighted by Gasteiger charge is 2.40. The van der Waals surface area contributed by atoms with Gasteiger partial charge in [-0.3, -0.25) is 0 Å². The number of rotatable bonds is 0. The first-order valence-corrected chi connectivity index (χ1v) is 5.22. The van der Waals surface area contributed by atoms with Gasteiger partial charge in [0.25, 0.3) is 0 Å². The lowest BCUT2D eigenvalue weighted by molar-refractivity contribution is 0.303. The maximum atomic E-state index is 2.51. The molecule has 0 aromatic heterocycles. The molecule has 2 aliphatic rings. The molecular formula is C8H15NS. The van der Waals surface area contributed by atoms with Gasteiger partial charge < -0.3 is 4.90 Å². The molecule has 58 valence electrons. The molecule has 0 aromatic rings. The van der Waals surface area contributed by atoms with Gasteiger partial charge in [-0.1, -0.05) is 0 Å². The Hall–Kier alpha value is 0.310. The van der Waals surface area contributed by atoms with E-state index in [0.717, 1.165) is 17.9 Å². The van der Waals surface area contributed by atoms with E-state index in [2.05, 4.69) is 30.6 Å². The normalized spacial score (nSPS) is 48.0.